The minimum absolute atomic E-state index is 0.108. The molecule has 0 amide bonds. The third-order valence-corrected chi connectivity index (χ3v) is 4.05. The van der Waals surface area contributed by atoms with E-state index in [2.05, 4.69) is 18.3 Å². The van der Waals surface area contributed by atoms with Crippen LogP contribution in [0.1, 0.15) is 58.3 Å². The van der Waals surface area contributed by atoms with Crippen LogP contribution in [0.2, 0.25) is 0 Å². The number of nitrogens with one attached hydrogen (secondary N) is 1. The van der Waals surface area contributed by atoms with Crippen molar-refractivity contribution in [3.8, 4) is 6.07 Å². The summed E-state index contributed by atoms with van der Waals surface area (Å²) in [6.45, 7) is 2.10. The van der Waals surface area contributed by atoms with E-state index in [1.165, 1.54) is 38.5 Å². The normalized spacial score (nSPS) is 32.9. The molecule has 0 bridgehead atoms. The second kappa shape index (κ2) is 6.37. The van der Waals surface area contributed by atoms with Gasteiger partial charge in [-0.1, -0.05) is 25.7 Å². The summed E-state index contributed by atoms with van der Waals surface area (Å²) in [7, 11) is 0. The summed E-state index contributed by atoms with van der Waals surface area (Å²) >= 11 is 0. The Bertz CT molecular complexity index is 266. The number of nitriles is 1. The fourth-order valence-electron chi connectivity index (χ4n) is 3.01. The largest absolute Gasteiger partial charge is 0.373 e. The molecule has 0 aromatic heterocycles. The van der Waals surface area contributed by atoms with Crippen molar-refractivity contribution in [3.05, 3.63) is 0 Å². The molecule has 1 aliphatic heterocycles. The molecule has 1 heterocycles. The van der Waals surface area contributed by atoms with E-state index in [1.54, 1.807) is 0 Å². The number of rotatable bonds is 3. The fourth-order valence-corrected chi connectivity index (χ4v) is 3.01. The maximum atomic E-state index is 9.28. The molecule has 0 aromatic rings. The molecule has 3 atom stereocenters. The molecule has 2 aliphatic rings. The summed E-state index contributed by atoms with van der Waals surface area (Å²) in [4.78, 5) is 0. The first-order valence-corrected chi connectivity index (χ1v) is 7.10. The van der Waals surface area contributed by atoms with E-state index < -0.39 is 0 Å². The first-order valence-electron chi connectivity index (χ1n) is 7.10. The van der Waals surface area contributed by atoms with Gasteiger partial charge >= 0.3 is 0 Å². The van der Waals surface area contributed by atoms with E-state index in [-0.39, 0.29) is 12.1 Å². The lowest BCUT2D eigenvalue weighted by molar-refractivity contribution is 0.0405. The Balaban J connectivity index is 1.84. The highest BCUT2D eigenvalue weighted by Gasteiger charge is 2.31. The van der Waals surface area contributed by atoms with Crippen LogP contribution in [0.15, 0.2) is 0 Å². The summed E-state index contributed by atoms with van der Waals surface area (Å²) in [5.74, 6) is 0. The zero-order valence-electron chi connectivity index (χ0n) is 10.8. The summed E-state index contributed by atoms with van der Waals surface area (Å²) in [6, 6.07) is 2.82. The smallest absolute Gasteiger partial charge is 0.122 e. The van der Waals surface area contributed by atoms with Gasteiger partial charge in [0.1, 0.15) is 6.04 Å². The number of ether oxygens (including phenoxy) is 1. The third-order valence-electron chi connectivity index (χ3n) is 4.05. The summed E-state index contributed by atoms with van der Waals surface area (Å²) in [5, 5.41) is 12.8. The average molecular weight is 236 g/mol. The Hall–Kier alpha value is -0.590. The Kier molecular flexibility index (Phi) is 4.82. The van der Waals surface area contributed by atoms with E-state index in [9.17, 15) is 5.26 Å². The van der Waals surface area contributed by atoms with Crippen molar-refractivity contribution in [2.75, 3.05) is 0 Å². The Morgan fingerprint density at radius 1 is 1.12 bits per heavy atom. The fraction of sp³-hybridized carbons (Fsp3) is 0.929. The lowest BCUT2D eigenvalue weighted by Gasteiger charge is -2.24. The van der Waals surface area contributed by atoms with Gasteiger partial charge in [0.25, 0.3) is 0 Å². The van der Waals surface area contributed by atoms with Crippen molar-refractivity contribution < 1.29 is 4.74 Å². The maximum absolute atomic E-state index is 9.28. The second-order valence-corrected chi connectivity index (χ2v) is 5.52. The predicted octanol–water partition coefficient (Wildman–Crippen LogP) is 2.76. The molecule has 1 saturated carbocycles. The Labute approximate surface area is 105 Å². The maximum Gasteiger partial charge on any atom is 0.122 e. The number of nitrogens with zero attached hydrogens (tertiary/aromatic N) is 1. The van der Waals surface area contributed by atoms with Gasteiger partial charge in [0.2, 0.25) is 0 Å². The highest BCUT2D eigenvalue weighted by atomic mass is 16.5. The minimum atomic E-state index is -0.108. The van der Waals surface area contributed by atoms with Gasteiger partial charge < -0.3 is 4.74 Å². The molecule has 3 unspecified atom stereocenters. The van der Waals surface area contributed by atoms with Crippen LogP contribution in [0.25, 0.3) is 0 Å². The summed E-state index contributed by atoms with van der Waals surface area (Å²) in [5.41, 5.74) is 0. The molecular weight excluding hydrogens is 212 g/mol. The quantitative estimate of drug-likeness (QED) is 0.766. The molecule has 3 heteroatoms. The van der Waals surface area contributed by atoms with E-state index in [0.717, 1.165) is 12.8 Å². The topological polar surface area (TPSA) is 45.0 Å². The molecule has 17 heavy (non-hydrogen) atoms. The van der Waals surface area contributed by atoms with E-state index in [1.807, 2.05) is 0 Å². The van der Waals surface area contributed by atoms with Crippen molar-refractivity contribution in [1.82, 2.24) is 5.32 Å². The molecule has 3 nitrogen and oxygen atoms in total. The van der Waals surface area contributed by atoms with Crippen molar-refractivity contribution in [2.24, 2.45) is 0 Å². The van der Waals surface area contributed by atoms with Crippen molar-refractivity contribution in [3.63, 3.8) is 0 Å². The first kappa shape index (κ1) is 12.9. The lowest BCUT2D eigenvalue weighted by Crippen LogP contribution is -2.44. The van der Waals surface area contributed by atoms with Crippen LogP contribution in [-0.2, 0) is 4.74 Å². The molecule has 96 valence electrons. The van der Waals surface area contributed by atoms with Crippen LogP contribution >= 0.6 is 0 Å². The molecular formula is C14H24N2O. The van der Waals surface area contributed by atoms with Crippen LogP contribution in [0, 0.1) is 11.3 Å². The zero-order valence-corrected chi connectivity index (χ0v) is 10.8. The van der Waals surface area contributed by atoms with Gasteiger partial charge in [0.15, 0.2) is 0 Å². The third kappa shape index (κ3) is 3.69. The average Bonchev–Trinajstić information content (AvgIpc) is 2.62. The van der Waals surface area contributed by atoms with Crippen molar-refractivity contribution >= 4 is 0 Å². The van der Waals surface area contributed by atoms with Crippen LogP contribution in [-0.4, -0.2) is 24.3 Å². The van der Waals surface area contributed by atoms with E-state index in [0.29, 0.717) is 12.1 Å². The predicted molar refractivity (Wildman–Crippen MR) is 67.6 cm³/mol. The van der Waals surface area contributed by atoms with Gasteiger partial charge in [-0.2, -0.15) is 5.26 Å². The van der Waals surface area contributed by atoms with Crippen molar-refractivity contribution in [2.45, 2.75) is 82.6 Å². The number of hydrogen-bond acceptors (Lipinski definition) is 3. The van der Waals surface area contributed by atoms with Crippen LogP contribution in [0.5, 0.6) is 0 Å². The Morgan fingerprint density at radius 2 is 1.82 bits per heavy atom. The van der Waals surface area contributed by atoms with Gasteiger partial charge in [0, 0.05) is 6.04 Å². The Morgan fingerprint density at radius 3 is 2.35 bits per heavy atom. The summed E-state index contributed by atoms with van der Waals surface area (Å²) in [6.07, 6.45) is 10.3. The second-order valence-electron chi connectivity index (χ2n) is 5.52. The molecule has 0 radical (unpaired) electrons. The highest BCUT2D eigenvalue weighted by molar-refractivity contribution is 4.99. The standard InChI is InChI=1S/C14H24N2O/c1-11-8-9-14(17-11)13(10-15)16-12-6-4-2-3-5-7-12/h11-14,16H,2-9H2,1H3. The van der Waals surface area contributed by atoms with Crippen LogP contribution in [0.3, 0.4) is 0 Å². The van der Waals surface area contributed by atoms with Gasteiger partial charge in [-0.05, 0) is 32.6 Å². The molecule has 0 spiro atoms. The summed E-state index contributed by atoms with van der Waals surface area (Å²) < 4.78 is 5.80. The molecule has 2 rings (SSSR count). The molecule has 0 aromatic carbocycles. The van der Waals surface area contributed by atoms with Gasteiger partial charge in [-0.15, -0.1) is 0 Å². The SMILES string of the molecule is CC1CCC(C(C#N)NC2CCCCCC2)O1. The van der Waals surface area contributed by atoms with Crippen LogP contribution < -0.4 is 5.32 Å². The lowest BCUT2D eigenvalue weighted by atomic mass is 10.0. The van der Waals surface area contributed by atoms with E-state index in [4.69, 9.17) is 4.74 Å². The molecule has 1 aliphatic carbocycles. The molecule has 1 N–H and O–H groups in total. The van der Waals surface area contributed by atoms with Gasteiger partial charge in [0.05, 0.1) is 18.3 Å². The van der Waals surface area contributed by atoms with E-state index >= 15 is 0 Å². The van der Waals surface area contributed by atoms with Gasteiger partial charge in [-0.3, -0.25) is 5.32 Å². The molecule has 2 fully saturated rings. The zero-order chi connectivity index (χ0) is 12.1. The van der Waals surface area contributed by atoms with Crippen molar-refractivity contribution in [1.29, 1.82) is 5.26 Å². The first-order chi connectivity index (χ1) is 8.29. The molecule has 1 saturated heterocycles. The number of hydrogen-bond donors (Lipinski definition) is 1. The van der Waals surface area contributed by atoms with Crippen LogP contribution in [0.4, 0.5) is 0 Å². The van der Waals surface area contributed by atoms with Gasteiger partial charge in [-0.25, -0.2) is 0 Å². The monoisotopic (exact) mass is 236 g/mol. The minimum Gasteiger partial charge on any atom is -0.373 e. The highest BCUT2D eigenvalue weighted by Crippen LogP contribution is 2.23.